The number of anilines is 1. The summed E-state index contributed by atoms with van der Waals surface area (Å²) in [7, 11) is -3.57. The molecule has 2 aliphatic heterocycles. The lowest BCUT2D eigenvalue weighted by molar-refractivity contribution is 0.240. The molecule has 1 fully saturated rings. The normalized spacial score (nSPS) is 23.8. The fourth-order valence-corrected chi connectivity index (χ4v) is 5.60. The van der Waals surface area contributed by atoms with Crippen molar-refractivity contribution < 1.29 is 13.2 Å². The van der Waals surface area contributed by atoms with E-state index in [0.29, 0.717) is 31.1 Å². The minimum absolute atomic E-state index is 0.0106. The predicted molar refractivity (Wildman–Crippen MR) is 102 cm³/mol. The van der Waals surface area contributed by atoms with Crippen molar-refractivity contribution in [1.82, 2.24) is 14.3 Å². The Bertz CT molecular complexity index is 948. The zero-order valence-corrected chi connectivity index (χ0v) is 16.4. The monoisotopic (exact) mass is 388 g/mol. The van der Waals surface area contributed by atoms with E-state index < -0.39 is 10.0 Å². The second-order valence-corrected chi connectivity index (χ2v) is 8.96. The van der Waals surface area contributed by atoms with Crippen molar-refractivity contribution in [1.29, 1.82) is 0 Å². The van der Waals surface area contributed by atoms with Gasteiger partial charge in [-0.05, 0) is 31.9 Å². The molecule has 0 spiro atoms. The van der Waals surface area contributed by atoms with E-state index in [9.17, 15) is 8.42 Å². The van der Waals surface area contributed by atoms with Gasteiger partial charge in [0.05, 0.1) is 6.04 Å². The van der Waals surface area contributed by atoms with Crippen molar-refractivity contribution in [3.05, 3.63) is 41.9 Å². The van der Waals surface area contributed by atoms with Crippen LogP contribution in [0.1, 0.15) is 31.2 Å². The Balaban J connectivity index is 1.59. The molecule has 1 aromatic heterocycles. The van der Waals surface area contributed by atoms with Gasteiger partial charge in [-0.2, -0.15) is 4.31 Å². The molecule has 0 aliphatic carbocycles. The average molecular weight is 388 g/mol. The first-order valence-corrected chi connectivity index (χ1v) is 10.8. The third-order valence-corrected chi connectivity index (χ3v) is 7.03. The van der Waals surface area contributed by atoms with Gasteiger partial charge >= 0.3 is 0 Å². The Hall–Kier alpha value is -2.19. The van der Waals surface area contributed by atoms with Crippen LogP contribution >= 0.6 is 0 Å². The van der Waals surface area contributed by atoms with E-state index in [1.165, 1.54) is 0 Å². The molecule has 0 unspecified atom stereocenters. The SMILES string of the molecule is CCCc1cnc(C)nc1N[C@H]1C[C@H]2COc3ccccc3S(=O)(=O)N2C1. The van der Waals surface area contributed by atoms with Crippen LogP contribution in [0, 0.1) is 6.92 Å². The van der Waals surface area contributed by atoms with Gasteiger partial charge in [0.1, 0.15) is 28.9 Å². The molecule has 8 heteroatoms. The van der Waals surface area contributed by atoms with Crippen LogP contribution < -0.4 is 10.1 Å². The van der Waals surface area contributed by atoms with E-state index in [-0.39, 0.29) is 17.0 Å². The number of ether oxygens (including phenoxy) is 1. The molecule has 2 aromatic rings. The zero-order chi connectivity index (χ0) is 19.0. The average Bonchev–Trinajstić information content (AvgIpc) is 3.02. The van der Waals surface area contributed by atoms with Crippen LogP contribution in [0.4, 0.5) is 5.82 Å². The number of nitrogens with one attached hydrogen (secondary N) is 1. The van der Waals surface area contributed by atoms with Gasteiger partial charge < -0.3 is 10.1 Å². The highest BCUT2D eigenvalue weighted by Gasteiger charge is 2.43. The highest BCUT2D eigenvalue weighted by molar-refractivity contribution is 7.89. The molecule has 1 saturated heterocycles. The van der Waals surface area contributed by atoms with Gasteiger partial charge in [-0.3, -0.25) is 0 Å². The van der Waals surface area contributed by atoms with Crippen molar-refractivity contribution in [2.45, 2.75) is 50.1 Å². The third-order valence-electron chi connectivity index (χ3n) is 5.08. The summed E-state index contributed by atoms with van der Waals surface area (Å²) < 4.78 is 33.6. The highest BCUT2D eigenvalue weighted by atomic mass is 32.2. The number of fused-ring (bicyclic) bond motifs is 2. The maximum atomic E-state index is 13.1. The largest absolute Gasteiger partial charge is 0.490 e. The van der Waals surface area contributed by atoms with Crippen molar-refractivity contribution in [3.63, 3.8) is 0 Å². The summed E-state index contributed by atoms with van der Waals surface area (Å²) in [5.74, 6) is 1.95. The number of aryl methyl sites for hydroxylation is 2. The molecule has 0 saturated carbocycles. The summed E-state index contributed by atoms with van der Waals surface area (Å²) in [6.45, 7) is 4.74. The number of sulfonamides is 1. The lowest BCUT2D eigenvalue weighted by Crippen LogP contribution is -2.37. The van der Waals surface area contributed by atoms with Crippen LogP contribution in [0.15, 0.2) is 35.4 Å². The lowest BCUT2D eigenvalue weighted by Gasteiger charge is -2.19. The molecule has 144 valence electrons. The number of rotatable bonds is 4. The highest BCUT2D eigenvalue weighted by Crippen LogP contribution is 2.35. The summed E-state index contributed by atoms with van der Waals surface area (Å²) in [6.07, 6.45) is 4.43. The van der Waals surface area contributed by atoms with Crippen LogP contribution in [0.25, 0.3) is 0 Å². The van der Waals surface area contributed by atoms with E-state index in [2.05, 4.69) is 22.2 Å². The Labute approximate surface area is 159 Å². The fraction of sp³-hybridized carbons (Fsp3) is 0.474. The molecular weight excluding hydrogens is 364 g/mol. The van der Waals surface area contributed by atoms with Gasteiger partial charge in [0.15, 0.2) is 0 Å². The minimum Gasteiger partial charge on any atom is -0.490 e. The minimum atomic E-state index is -3.57. The number of aromatic nitrogens is 2. The smallest absolute Gasteiger partial charge is 0.247 e. The summed E-state index contributed by atoms with van der Waals surface area (Å²) in [4.78, 5) is 9.08. The zero-order valence-electron chi connectivity index (χ0n) is 15.6. The summed E-state index contributed by atoms with van der Waals surface area (Å²) >= 11 is 0. The van der Waals surface area contributed by atoms with Crippen LogP contribution in [-0.2, 0) is 16.4 Å². The Morgan fingerprint density at radius 3 is 2.96 bits per heavy atom. The van der Waals surface area contributed by atoms with E-state index in [0.717, 1.165) is 24.2 Å². The topological polar surface area (TPSA) is 84.4 Å². The van der Waals surface area contributed by atoms with E-state index in [4.69, 9.17) is 4.74 Å². The molecule has 3 heterocycles. The van der Waals surface area contributed by atoms with Crippen LogP contribution in [-0.4, -0.2) is 47.9 Å². The molecule has 1 N–H and O–H groups in total. The van der Waals surface area contributed by atoms with Gasteiger partial charge in [-0.25, -0.2) is 18.4 Å². The molecule has 4 rings (SSSR count). The van der Waals surface area contributed by atoms with Crippen molar-refractivity contribution in [3.8, 4) is 5.75 Å². The van der Waals surface area contributed by atoms with Crippen LogP contribution in [0.2, 0.25) is 0 Å². The first-order chi connectivity index (χ1) is 13.0. The number of hydrogen-bond donors (Lipinski definition) is 1. The Kier molecular flexibility index (Phi) is 4.77. The van der Waals surface area contributed by atoms with Crippen molar-refractivity contribution >= 4 is 15.8 Å². The van der Waals surface area contributed by atoms with E-state index in [1.807, 2.05) is 13.1 Å². The summed E-state index contributed by atoms with van der Waals surface area (Å²) in [6, 6.07) is 6.65. The van der Waals surface area contributed by atoms with Crippen molar-refractivity contribution in [2.75, 3.05) is 18.5 Å². The summed E-state index contributed by atoms with van der Waals surface area (Å²) in [5.41, 5.74) is 1.06. The maximum absolute atomic E-state index is 13.1. The third kappa shape index (κ3) is 3.39. The van der Waals surface area contributed by atoms with Gasteiger partial charge in [0.2, 0.25) is 10.0 Å². The molecule has 2 aliphatic rings. The fourth-order valence-electron chi connectivity index (χ4n) is 3.80. The lowest BCUT2D eigenvalue weighted by atomic mass is 10.1. The second-order valence-electron chi connectivity index (χ2n) is 7.10. The first-order valence-electron chi connectivity index (χ1n) is 9.31. The molecular formula is C19H24N4O3S. The van der Waals surface area contributed by atoms with E-state index in [1.54, 1.807) is 28.6 Å². The predicted octanol–water partition coefficient (Wildman–Crippen LogP) is 2.37. The molecule has 1 aromatic carbocycles. The number of hydrogen-bond acceptors (Lipinski definition) is 6. The Morgan fingerprint density at radius 2 is 2.15 bits per heavy atom. The number of para-hydroxylation sites is 1. The standard InChI is InChI=1S/C19H24N4O3S/c1-3-6-14-10-20-13(2)21-19(14)22-15-9-16-12-26-17-7-4-5-8-18(17)27(24,25)23(16)11-15/h4-5,7-8,10,15-16H,3,6,9,11-12H2,1-2H3,(H,20,21,22)/t15-,16-/m0/s1. The van der Waals surface area contributed by atoms with Gasteiger partial charge in [-0.1, -0.05) is 25.5 Å². The van der Waals surface area contributed by atoms with Gasteiger partial charge in [0, 0.05) is 24.3 Å². The number of nitrogens with zero attached hydrogens (tertiary/aromatic N) is 3. The Morgan fingerprint density at radius 1 is 1.33 bits per heavy atom. The van der Waals surface area contributed by atoms with Gasteiger partial charge in [-0.15, -0.1) is 0 Å². The summed E-state index contributed by atoms with van der Waals surface area (Å²) in [5, 5.41) is 3.46. The second kappa shape index (κ2) is 7.09. The maximum Gasteiger partial charge on any atom is 0.247 e. The molecule has 27 heavy (non-hydrogen) atoms. The van der Waals surface area contributed by atoms with Crippen LogP contribution in [0.5, 0.6) is 5.75 Å². The van der Waals surface area contributed by atoms with Gasteiger partial charge in [0.25, 0.3) is 0 Å². The first kappa shape index (κ1) is 18.2. The molecule has 0 bridgehead atoms. The van der Waals surface area contributed by atoms with Crippen molar-refractivity contribution in [2.24, 2.45) is 0 Å². The van der Waals surface area contributed by atoms with Crippen LogP contribution in [0.3, 0.4) is 0 Å². The molecule has 7 nitrogen and oxygen atoms in total. The molecule has 0 amide bonds. The quantitative estimate of drug-likeness (QED) is 0.866. The number of benzene rings is 1. The van der Waals surface area contributed by atoms with E-state index >= 15 is 0 Å². The molecule has 0 radical (unpaired) electrons. The molecule has 2 atom stereocenters.